The van der Waals surface area contributed by atoms with Crippen LogP contribution in [0.15, 0.2) is 58.1 Å². The van der Waals surface area contributed by atoms with Crippen LogP contribution in [0.5, 0.6) is 5.88 Å². The first kappa shape index (κ1) is 29.6. The number of nitrogens with one attached hydrogen (secondary N) is 2. The van der Waals surface area contributed by atoms with Crippen molar-refractivity contribution < 1.29 is 26.4 Å². The van der Waals surface area contributed by atoms with Gasteiger partial charge in [-0.1, -0.05) is 0 Å². The number of hydrogen-bond acceptors (Lipinski definition) is 10. The van der Waals surface area contributed by atoms with E-state index in [0.717, 1.165) is 36.1 Å². The van der Waals surface area contributed by atoms with E-state index in [1.807, 2.05) is 12.1 Å². The highest BCUT2D eigenvalue weighted by Gasteiger charge is 2.25. The summed E-state index contributed by atoms with van der Waals surface area (Å²) in [7, 11) is -1.34. The highest BCUT2D eigenvalue weighted by atomic mass is 32.2. The summed E-state index contributed by atoms with van der Waals surface area (Å²) in [6.45, 7) is 6.50. The van der Waals surface area contributed by atoms with Crippen LogP contribution in [0.25, 0.3) is 33.5 Å². The van der Waals surface area contributed by atoms with Gasteiger partial charge in [0.15, 0.2) is 0 Å². The minimum absolute atomic E-state index is 0.0417. The molecule has 44 heavy (non-hydrogen) atoms. The SMILES string of the molecule is COc1ncc(-c2cc(-c3nnc(CN4C[C@@H](C)N[C@@H](C)C4)o3)c3cnn(C)c3c2)cc1NS(=O)(=O)c1ccc(F)cc1F. The first-order valence-electron chi connectivity index (χ1n) is 13.8. The van der Waals surface area contributed by atoms with Gasteiger partial charge in [0.25, 0.3) is 10.0 Å². The normalized spacial score (nSPS) is 17.7. The first-order valence-corrected chi connectivity index (χ1v) is 15.3. The van der Waals surface area contributed by atoms with Crippen molar-refractivity contribution in [2.24, 2.45) is 7.05 Å². The number of piperazine rings is 1. The van der Waals surface area contributed by atoms with Gasteiger partial charge in [-0.05, 0) is 49.7 Å². The zero-order valence-corrected chi connectivity index (χ0v) is 25.2. The molecule has 15 heteroatoms. The molecule has 5 aromatic rings. The molecule has 4 heterocycles. The predicted molar refractivity (Wildman–Crippen MR) is 158 cm³/mol. The minimum Gasteiger partial charge on any atom is -0.480 e. The highest BCUT2D eigenvalue weighted by Crippen LogP contribution is 2.36. The van der Waals surface area contributed by atoms with Gasteiger partial charge in [-0.25, -0.2) is 22.2 Å². The standard InChI is InChI=1S/C29H30F2N8O4S/c1-16-13-39(14-17(2)34-16)15-27-35-36-28(43-27)21-7-18(9-25-22(21)12-33-38(25)3)19-8-24(29(42-4)32-11-19)37-44(40,41)26-6-5-20(30)10-23(26)31/h5-12,16-17,34,37H,13-15H2,1-4H3/t16-,17+. The molecule has 2 aromatic carbocycles. The fourth-order valence-electron chi connectivity index (χ4n) is 5.52. The molecule has 0 bridgehead atoms. The molecule has 0 aliphatic carbocycles. The molecule has 3 aromatic heterocycles. The average Bonchev–Trinajstić information content (AvgIpc) is 3.58. The van der Waals surface area contributed by atoms with Gasteiger partial charge in [0, 0.05) is 55.4 Å². The van der Waals surface area contributed by atoms with Gasteiger partial charge < -0.3 is 14.5 Å². The molecule has 1 saturated heterocycles. The van der Waals surface area contributed by atoms with Gasteiger partial charge in [-0.2, -0.15) is 5.10 Å². The van der Waals surface area contributed by atoms with Gasteiger partial charge in [0.2, 0.25) is 17.7 Å². The second kappa shape index (κ2) is 11.6. The molecule has 1 aliphatic rings. The van der Waals surface area contributed by atoms with Gasteiger partial charge in [-0.15, -0.1) is 10.2 Å². The van der Waals surface area contributed by atoms with E-state index in [1.54, 1.807) is 17.9 Å². The predicted octanol–water partition coefficient (Wildman–Crippen LogP) is 3.96. The van der Waals surface area contributed by atoms with Crippen molar-refractivity contribution in [1.82, 2.24) is 35.2 Å². The van der Waals surface area contributed by atoms with Gasteiger partial charge in [0.05, 0.1) is 30.9 Å². The van der Waals surface area contributed by atoms with Crippen molar-refractivity contribution in [3.8, 4) is 28.5 Å². The molecule has 1 fully saturated rings. The molecule has 230 valence electrons. The molecular formula is C29H30F2N8O4S. The Hall–Kier alpha value is -4.47. The molecule has 2 N–H and O–H groups in total. The number of nitrogens with zero attached hydrogens (tertiary/aromatic N) is 6. The molecule has 6 rings (SSSR count). The Bertz CT molecular complexity index is 1950. The second-order valence-corrected chi connectivity index (χ2v) is 12.5. The molecular weight excluding hydrogens is 594 g/mol. The fourth-order valence-corrected chi connectivity index (χ4v) is 6.63. The number of aryl methyl sites for hydroxylation is 1. The summed E-state index contributed by atoms with van der Waals surface area (Å²) in [5.41, 5.74) is 2.51. The van der Waals surface area contributed by atoms with Gasteiger partial charge >= 0.3 is 0 Å². The first-order chi connectivity index (χ1) is 21.0. The van der Waals surface area contributed by atoms with Crippen LogP contribution in [-0.4, -0.2) is 70.6 Å². The van der Waals surface area contributed by atoms with E-state index < -0.39 is 26.6 Å². The largest absolute Gasteiger partial charge is 0.480 e. The number of methoxy groups -OCH3 is 1. The summed E-state index contributed by atoms with van der Waals surface area (Å²) in [6, 6.07) is 8.11. The number of sulfonamides is 1. The molecule has 0 unspecified atom stereocenters. The van der Waals surface area contributed by atoms with Crippen LogP contribution in [0, 0.1) is 11.6 Å². The maximum atomic E-state index is 14.4. The van der Waals surface area contributed by atoms with Gasteiger partial charge in [-0.3, -0.25) is 14.3 Å². The average molecular weight is 625 g/mol. The van der Waals surface area contributed by atoms with E-state index in [9.17, 15) is 17.2 Å². The smallest absolute Gasteiger partial charge is 0.264 e. The Morgan fingerprint density at radius 3 is 2.57 bits per heavy atom. The number of aromatic nitrogens is 5. The summed E-state index contributed by atoms with van der Waals surface area (Å²) < 4.78 is 69.3. The monoisotopic (exact) mass is 624 g/mol. The molecule has 0 saturated carbocycles. The number of pyridine rings is 1. The molecule has 0 radical (unpaired) electrons. The molecule has 12 nitrogen and oxygen atoms in total. The number of halogens is 2. The lowest BCUT2D eigenvalue weighted by molar-refractivity contribution is 0.154. The Kier molecular flexibility index (Phi) is 7.77. The van der Waals surface area contributed by atoms with E-state index in [2.05, 4.69) is 49.1 Å². The minimum atomic E-state index is -4.46. The Morgan fingerprint density at radius 1 is 1.07 bits per heavy atom. The Labute approximate surface area is 252 Å². The van der Waals surface area contributed by atoms with Crippen molar-refractivity contribution >= 4 is 26.6 Å². The molecule has 0 spiro atoms. The third-order valence-corrected chi connectivity index (χ3v) is 8.76. The third kappa shape index (κ3) is 5.85. The highest BCUT2D eigenvalue weighted by molar-refractivity contribution is 7.92. The van der Waals surface area contributed by atoms with E-state index in [-0.39, 0.29) is 11.6 Å². The number of benzene rings is 2. The van der Waals surface area contributed by atoms with Crippen LogP contribution in [0.2, 0.25) is 0 Å². The van der Waals surface area contributed by atoms with Crippen molar-refractivity contribution in [2.45, 2.75) is 37.4 Å². The summed E-state index contributed by atoms with van der Waals surface area (Å²) >= 11 is 0. The van der Waals surface area contributed by atoms with E-state index >= 15 is 0 Å². The lowest BCUT2D eigenvalue weighted by Crippen LogP contribution is -2.53. The van der Waals surface area contributed by atoms with Crippen molar-refractivity contribution in [3.05, 3.63) is 66.3 Å². The fraction of sp³-hybridized carbons (Fsp3) is 0.310. The van der Waals surface area contributed by atoms with Crippen LogP contribution in [-0.2, 0) is 23.6 Å². The molecule has 1 aliphatic heterocycles. The number of ether oxygens (including phenoxy) is 1. The van der Waals surface area contributed by atoms with Crippen LogP contribution < -0.4 is 14.8 Å². The maximum Gasteiger partial charge on any atom is 0.264 e. The number of fused-ring (bicyclic) bond motifs is 1. The number of hydrogen-bond donors (Lipinski definition) is 2. The lowest BCUT2D eigenvalue weighted by Gasteiger charge is -2.35. The van der Waals surface area contributed by atoms with Crippen molar-refractivity contribution in [2.75, 3.05) is 24.9 Å². The number of rotatable bonds is 8. The summed E-state index contributed by atoms with van der Waals surface area (Å²) in [5.74, 6) is -1.37. The van der Waals surface area contributed by atoms with Crippen molar-refractivity contribution in [3.63, 3.8) is 0 Å². The van der Waals surface area contributed by atoms with Crippen molar-refractivity contribution in [1.29, 1.82) is 0 Å². The van der Waals surface area contributed by atoms with Crippen LogP contribution >= 0.6 is 0 Å². The Balaban J connectivity index is 1.36. The number of anilines is 1. The zero-order chi connectivity index (χ0) is 31.2. The summed E-state index contributed by atoms with van der Waals surface area (Å²) in [4.78, 5) is 5.82. The van der Waals surface area contributed by atoms with E-state index in [4.69, 9.17) is 9.15 Å². The van der Waals surface area contributed by atoms with E-state index in [0.29, 0.717) is 53.2 Å². The van der Waals surface area contributed by atoms with Gasteiger partial charge in [0.1, 0.15) is 22.2 Å². The second-order valence-electron chi connectivity index (χ2n) is 10.8. The van der Waals surface area contributed by atoms with E-state index in [1.165, 1.54) is 19.4 Å². The zero-order valence-electron chi connectivity index (χ0n) is 24.4. The van der Waals surface area contributed by atoms with Crippen LogP contribution in [0.4, 0.5) is 14.5 Å². The topological polar surface area (TPSA) is 140 Å². The van der Waals surface area contributed by atoms with Crippen LogP contribution in [0.1, 0.15) is 19.7 Å². The molecule has 2 atom stereocenters. The van der Waals surface area contributed by atoms with Crippen LogP contribution in [0.3, 0.4) is 0 Å². The summed E-state index contributed by atoms with van der Waals surface area (Å²) in [5, 5.41) is 17.3. The summed E-state index contributed by atoms with van der Waals surface area (Å²) in [6.07, 6.45) is 3.23. The Morgan fingerprint density at radius 2 is 1.84 bits per heavy atom. The third-order valence-electron chi connectivity index (χ3n) is 7.36. The molecule has 0 amide bonds. The maximum absolute atomic E-state index is 14.4. The quantitative estimate of drug-likeness (QED) is 0.261. The lowest BCUT2D eigenvalue weighted by atomic mass is 10.0.